The molecular weight excluding hydrogens is 771 g/mol. The molecular formula is C58H35N3S. The van der Waals surface area contributed by atoms with Crippen molar-refractivity contribution in [2.75, 3.05) is 0 Å². The number of nitrogens with zero attached hydrogens (tertiary/aromatic N) is 3. The second-order valence-corrected chi connectivity index (χ2v) is 17.3. The standard InChI is InChI=1S/C58H35N3S/c1-2-16-36(17-3-1)55-59-56(61-57(60-55)47-27-15-26-45-44-24-9-13-31-53(44)62-54(45)47)46-25-5-4-20-40(46)39-19-14-18-37(34-39)38-32-33-52-48(35-38)43-23-8-12-30-51(43)58(52)49-28-10-6-21-41(49)42-22-7-11-29-50(42)58/h1-35H. The number of rotatable bonds is 5. The molecule has 2 aliphatic carbocycles. The van der Waals surface area contributed by atoms with Gasteiger partial charge in [0.15, 0.2) is 17.5 Å². The minimum absolute atomic E-state index is 0.358. The molecule has 1 spiro atoms. The number of hydrogen-bond acceptors (Lipinski definition) is 4. The Morgan fingerprint density at radius 3 is 1.52 bits per heavy atom. The largest absolute Gasteiger partial charge is 0.208 e. The maximum absolute atomic E-state index is 5.30. The molecule has 13 rings (SSSR count). The van der Waals surface area contributed by atoms with Crippen molar-refractivity contribution in [1.29, 1.82) is 0 Å². The Bertz CT molecular complexity index is 3560. The summed E-state index contributed by atoms with van der Waals surface area (Å²) in [6, 6.07) is 76.8. The van der Waals surface area contributed by atoms with E-state index in [9.17, 15) is 0 Å². The summed E-state index contributed by atoms with van der Waals surface area (Å²) in [6.45, 7) is 0. The maximum Gasteiger partial charge on any atom is 0.165 e. The zero-order chi connectivity index (χ0) is 40.8. The van der Waals surface area contributed by atoms with Crippen LogP contribution in [0.4, 0.5) is 0 Å². The molecule has 0 fully saturated rings. The highest BCUT2D eigenvalue weighted by molar-refractivity contribution is 7.26. The van der Waals surface area contributed by atoms with E-state index < -0.39 is 0 Å². The molecule has 2 heterocycles. The molecule has 2 aliphatic rings. The minimum Gasteiger partial charge on any atom is -0.208 e. The molecule has 0 N–H and O–H groups in total. The highest BCUT2D eigenvalue weighted by Gasteiger charge is 2.51. The molecule has 3 nitrogen and oxygen atoms in total. The Balaban J connectivity index is 0.952. The van der Waals surface area contributed by atoms with Gasteiger partial charge in [-0.3, -0.25) is 0 Å². The molecule has 0 amide bonds. The summed E-state index contributed by atoms with van der Waals surface area (Å²) >= 11 is 1.79. The molecule has 4 heteroatoms. The first-order valence-corrected chi connectivity index (χ1v) is 21.9. The Morgan fingerprint density at radius 2 is 0.774 bits per heavy atom. The van der Waals surface area contributed by atoms with E-state index in [1.165, 1.54) is 70.2 Å². The third-order valence-corrected chi connectivity index (χ3v) is 14.2. The Hall–Kier alpha value is -7.79. The van der Waals surface area contributed by atoms with Gasteiger partial charge >= 0.3 is 0 Å². The Morgan fingerprint density at radius 1 is 0.290 bits per heavy atom. The number of aromatic nitrogens is 3. The molecule has 62 heavy (non-hydrogen) atoms. The van der Waals surface area contributed by atoms with Gasteiger partial charge in [0.1, 0.15) is 0 Å². The van der Waals surface area contributed by atoms with Crippen molar-refractivity contribution in [2.24, 2.45) is 0 Å². The second kappa shape index (κ2) is 13.6. The topological polar surface area (TPSA) is 38.7 Å². The van der Waals surface area contributed by atoms with Crippen LogP contribution < -0.4 is 0 Å². The van der Waals surface area contributed by atoms with Crippen LogP contribution in [0.3, 0.4) is 0 Å². The van der Waals surface area contributed by atoms with Crippen LogP contribution in [-0.2, 0) is 5.41 Å². The van der Waals surface area contributed by atoms with Crippen molar-refractivity contribution in [2.45, 2.75) is 5.41 Å². The van der Waals surface area contributed by atoms with E-state index in [1.54, 1.807) is 11.3 Å². The average Bonchev–Trinajstić information content (AvgIpc) is 3.98. The number of fused-ring (bicyclic) bond motifs is 13. The quantitative estimate of drug-likeness (QED) is 0.174. The fraction of sp³-hybridized carbons (Fsp3) is 0.0172. The van der Waals surface area contributed by atoms with E-state index in [0.29, 0.717) is 17.5 Å². The lowest BCUT2D eigenvalue weighted by atomic mass is 9.70. The predicted molar refractivity (Wildman–Crippen MR) is 256 cm³/mol. The predicted octanol–water partition coefficient (Wildman–Crippen LogP) is 14.9. The summed E-state index contributed by atoms with van der Waals surface area (Å²) in [4.78, 5) is 15.7. The lowest BCUT2D eigenvalue weighted by Gasteiger charge is -2.30. The van der Waals surface area contributed by atoms with Crippen LogP contribution in [0, 0.1) is 0 Å². The summed E-state index contributed by atoms with van der Waals surface area (Å²) < 4.78 is 2.43. The van der Waals surface area contributed by atoms with Gasteiger partial charge in [-0.05, 0) is 91.0 Å². The first-order valence-electron chi connectivity index (χ1n) is 21.1. The molecule has 0 aliphatic heterocycles. The Kier molecular flexibility index (Phi) is 7.69. The maximum atomic E-state index is 5.30. The smallest absolute Gasteiger partial charge is 0.165 e. The zero-order valence-corrected chi connectivity index (χ0v) is 34.3. The lowest BCUT2D eigenvalue weighted by Crippen LogP contribution is -2.25. The van der Waals surface area contributed by atoms with Gasteiger partial charge in [0, 0.05) is 36.9 Å². The average molecular weight is 806 g/mol. The molecule has 0 saturated heterocycles. The van der Waals surface area contributed by atoms with Crippen LogP contribution in [-0.4, -0.2) is 15.0 Å². The van der Waals surface area contributed by atoms with E-state index in [0.717, 1.165) is 33.4 Å². The van der Waals surface area contributed by atoms with Crippen molar-refractivity contribution in [1.82, 2.24) is 15.0 Å². The summed E-state index contributed by atoms with van der Waals surface area (Å²) in [5.74, 6) is 1.96. The van der Waals surface area contributed by atoms with Gasteiger partial charge in [0.05, 0.1) is 5.41 Å². The lowest BCUT2D eigenvalue weighted by molar-refractivity contribution is 0.794. The van der Waals surface area contributed by atoms with Crippen molar-refractivity contribution >= 4 is 31.5 Å². The third-order valence-electron chi connectivity index (χ3n) is 13.0. The first kappa shape index (κ1) is 35.0. The molecule has 0 radical (unpaired) electrons. The molecule has 0 bridgehead atoms. The van der Waals surface area contributed by atoms with Crippen LogP contribution >= 0.6 is 11.3 Å². The molecule has 0 saturated carbocycles. The van der Waals surface area contributed by atoms with E-state index in [2.05, 4.69) is 194 Å². The molecule has 9 aromatic carbocycles. The fourth-order valence-electron chi connectivity index (χ4n) is 10.3. The van der Waals surface area contributed by atoms with Crippen molar-refractivity contribution in [3.05, 3.63) is 235 Å². The summed E-state index contributed by atoms with van der Waals surface area (Å²) in [6.07, 6.45) is 0. The highest BCUT2D eigenvalue weighted by atomic mass is 32.1. The van der Waals surface area contributed by atoms with Gasteiger partial charge in [-0.1, -0.05) is 188 Å². The third kappa shape index (κ3) is 5.08. The monoisotopic (exact) mass is 805 g/mol. The fourth-order valence-corrected chi connectivity index (χ4v) is 11.5. The Labute approximate surface area is 363 Å². The van der Waals surface area contributed by atoms with Gasteiger partial charge in [0.2, 0.25) is 0 Å². The number of thiophene rings is 1. The summed E-state index contributed by atoms with van der Waals surface area (Å²) in [5.41, 5.74) is 17.7. The first-order chi connectivity index (χ1) is 30.7. The van der Waals surface area contributed by atoms with Gasteiger partial charge in [-0.2, -0.15) is 0 Å². The molecule has 0 unspecified atom stereocenters. The van der Waals surface area contributed by atoms with Gasteiger partial charge < -0.3 is 0 Å². The SMILES string of the molecule is c1ccc(-c2nc(-c3ccccc3-c3cccc(-c4ccc5c(c4)-c4ccccc4C54c5ccccc5-c5ccccc54)c3)nc(-c3cccc4c3sc3ccccc34)n2)cc1. The van der Waals surface area contributed by atoms with E-state index in [1.807, 2.05) is 18.2 Å². The van der Waals surface area contributed by atoms with Gasteiger partial charge in [-0.15, -0.1) is 11.3 Å². The van der Waals surface area contributed by atoms with Gasteiger partial charge in [-0.25, -0.2) is 15.0 Å². The highest BCUT2D eigenvalue weighted by Crippen LogP contribution is 2.63. The minimum atomic E-state index is -0.358. The van der Waals surface area contributed by atoms with Crippen LogP contribution in [0.25, 0.3) is 98.8 Å². The molecule has 288 valence electrons. The van der Waals surface area contributed by atoms with E-state index >= 15 is 0 Å². The molecule has 11 aromatic rings. The van der Waals surface area contributed by atoms with Crippen molar-refractivity contribution in [3.8, 4) is 78.7 Å². The van der Waals surface area contributed by atoms with Crippen LogP contribution in [0.5, 0.6) is 0 Å². The number of hydrogen-bond donors (Lipinski definition) is 0. The van der Waals surface area contributed by atoms with E-state index in [-0.39, 0.29) is 5.41 Å². The summed E-state index contributed by atoms with van der Waals surface area (Å²) in [7, 11) is 0. The van der Waals surface area contributed by atoms with Crippen molar-refractivity contribution in [3.63, 3.8) is 0 Å². The van der Waals surface area contributed by atoms with E-state index in [4.69, 9.17) is 15.0 Å². The van der Waals surface area contributed by atoms with Crippen molar-refractivity contribution < 1.29 is 0 Å². The molecule has 2 aromatic heterocycles. The van der Waals surface area contributed by atoms with Gasteiger partial charge in [0.25, 0.3) is 0 Å². The normalized spacial score (nSPS) is 13.0. The van der Waals surface area contributed by atoms with Crippen LogP contribution in [0.1, 0.15) is 22.3 Å². The zero-order valence-electron chi connectivity index (χ0n) is 33.5. The second-order valence-electron chi connectivity index (χ2n) is 16.2. The summed E-state index contributed by atoms with van der Waals surface area (Å²) in [5, 5.41) is 2.46. The molecule has 0 atom stereocenters. The van der Waals surface area contributed by atoms with Crippen LogP contribution in [0.2, 0.25) is 0 Å². The van der Waals surface area contributed by atoms with Crippen LogP contribution in [0.15, 0.2) is 212 Å². The number of benzene rings is 9.